The molecule has 5 N–H and O–H groups in total. The lowest BCUT2D eigenvalue weighted by Gasteiger charge is -2.39. The molecule has 2 aromatic carbocycles. The van der Waals surface area contributed by atoms with Gasteiger partial charge in [0.25, 0.3) is 0 Å². The second-order valence-electron chi connectivity index (χ2n) is 8.64. The maximum atomic E-state index is 10.4. The summed E-state index contributed by atoms with van der Waals surface area (Å²) in [6.45, 7) is 3.44. The number of aromatic nitrogens is 2. The first kappa shape index (κ1) is 23.5. The van der Waals surface area contributed by atoms with E-state index in [1.54, 1.807) is 18.2 Å². The van der Waals surface area contributed by atoms with Crippen molar-refractivity contribution in [3.63, 3.8) is 0 Å². The van der Waals surface area contributed by atoms with Gasteiger partial charge in [0.2, 0.25) is 12.2 Å². The largest absolute Gasteiger partial charge is 0.508 e. The van der Waals surface area contributed by atoms with Gasteiger partial charge in [0.05, 0.1) is 17.5 Å². The van der Waals surface area contributed by atoms with Crippen molar-refractivity contribution >= 4 is 10.9 Å². The molecule has 3 aromatic rings. The van der Waals surface area contributed by atoms with Gasteiger partial charge >= 0.3 is 0 Å². The predicted molar refractivity (Wildman–Crippen MR) is 120 cm³/mol. The van der Waals surface area contributed by atoms with Crippen LogP contribution in [-0.4, -0.2) is 72.6 Å². The molecule has 0 radical (unpaired) electrons. The Kier molecular flexibility index (Phi) is 6.87. The Labute approximate surface area is 191 Å². The van der Waals surface area contributed by atoms with Crippen molar-refractivity contribution in [2.75, 3.05) is 6.61 Å². The lowest BCUT2D eigenvalue weighted by Crippen LogP contribution is -2.60. The fourth-order valence-corrected chi connectivity index (χ4v) is 4.18. The Morgan fingerprint density at radius 1 is 1.03 bits per heavy atom. The van der Waals surface area contributed by atoms with Crippen LogP contribution in [-0.2, 0) is 17.6 Å². The van der Waals surface area contributed by atoms with Crippen LogP contribution in [0.3, 0.4) is 0 Å². The lowest BCUT2D eigenvalue weighted by atomic mass is 9.99. The van der Waals surface area contributed by atoms with Crippen molar-refractivity contribution in [2.45, 2.75) is 63.4 Å². The third kappa shape index (κ3) is 4.68. The summed E-state index contributed by atoms with van der Waals surface area (Å²) in [5.74, 6) is 0.444. The standard InChI is InChI=1S/C24H30N2O7/c1-13(2)26-17-8-4-6-15(10-9-14-5-3-7-16(28)11-14)19(17)23(25-26)33-24-22(31)21(30)20(29)18(12-27)32-24/h3-8,11,13,18,20-22,24,27-31H,9-10,12H2,1-2H3/t18-,20-,21+,22-,24+/m1/s1. The first-order valence-corrected chi connectivity index (χ1v) is 11.0. The highest BCUT2D eigenvalue weighted by molar-refractivity contribution is 5.88. The summed E-state index contributed by atoms with van der Waals surface area (Å²) < 4.78 is 13.3. The van der Waals surface area contributed by atoms with E-state index in [4.69, 9.17) is 9.47 Å². The number of nitrogens with zero attached hydrogens (tertiary/aromatic N) is 2. The van der Waals surface area contributed by atoms with Crippen LogP contribution in [0.25, 0.3) is 10.9 Å². The first-order chi connectivity index (χ1) is 15.8. The highest BCUT2D eigenvalue weighted by Crippen LogP contribution is 2.34. The quantitative estimate of drug-likeness (QED) is 0.357. The van der Waals surface area contributed by atoms with Gasteiger partial charge in [-0.1, -0.05) is 24.3 Å². The van der Waals surface area contributed by atoms with E-state index in [9.17, 15) is 25.5 Å². The van der Waals surface area contributed by atoms with Gasteiger partial charge in [0.1, 0.15) is 30.2 Å². The molecule has 4 rings (SSSR count). The number of aliphatic hydroxyl groups excluding tert-OH is 4. The van der Waals surface area contributed by atoms with Gasteiger partial charge in [-0.3, -0.25) is 4.68 Å². The second kappa shape index (κ2) is 9.66. The van der Waals surface area contributed by atoms with E-state index in [-0.39, 0.29) is 17.7 Å². The second-order valence-corrected chi connectivity index (χ2v) is 8.64. The van der Waals surface area contributed by atoms with E-state index in [1.807, 2.05) is 42.8 Å². The number of rotatable bonds is 7. The van der Waals surface area contributed by atoms with E-state index in [1.165, 1.54) is 0 Å². The molecule has 0 aliphatic carbocycles. The molecule has 1 fully saturated rings. The molecule has 2 heterocycles. The Bertz CT molecular complexity index is 1100. The van der Waals surface area contributed by atoms with Crippen LogP contribution in [0.5, 0.6) is 11.6 Å². The smallest absolute Gasteiger partial charge is 0.243 e. The zero-order valence-corrected chi connectivity index (χ0v) is 18.6. The van der Waals surface area contributed by atoms with Crippen molar-refractivity contribution in [1.82, 2.24) is 9.78 Å². The van der Waals surface area contributed by atoms with E-state index < -0.39 is 37.3 Å². The number of aryl methyl sites for hydroxylation is 2. The van der Waals surface area contributed by atoms with Crippen molar-refractivity contribution in [2.24, 2.45) is 0 Å². The van der Waals surface area contributed by atoms with Gasteiger partial charge in [-0.25, -0.2) is 0 Å². The number of phenols is 1. The van der Waals surface area contributed by atoms with Gasteiger partial charge in [-0.15, -0.1) is 5.10 Å². The van der Waals surface area contributed by atoms with Gasteiger partial charge in [-0.2, -0.15) is 0 Å². The molecule has 0 spiro atoms. The summed E-state index contributed by atoms with van der Waals surface area (Å²) in [5, 5.41) is 55.2. The van der Waals surface area contributed by atoms with Crippen LogP contribution in [0.2, 0.25) is 0 Å². The molecule has 0 bridgehead atoms. The van der Waals surface area contributed by atoms with Gasteiger partial charge < -0.3 is 35.0 Å². The normalized spacial score (nSPS) is 25.6. The zero-order valence-electron chi connectivity index (χ0n) is 18.6. The minimum absolute atomic E-state index is 0.0287. The van der Waals surface area contributed by atoms with Crippen LogP contribution in [0.15, 0.2) is 42.5 Å². The zero-order chi connectivity index (χ0) is 23.7. The topological polar surface area (TPSA) is 137 Å². The summed E-state index contributed by atoms with van der Waals surface area (Å²) in [6, 6.07) is 13.0. The molecule has 1 saturated heterocycles. The van der Waals surface area contributed by atoms with E-state index >= 15 is 0 Å². The van der Waals surface area contributed by atoms with Crippen LogP contribution < -0.4 is 4.74 Å². The molecule has 0 saturated carbocycles. The van der Waals surface area contributed by atoms with Crippen molar-refractivity contribution in [3.8, 4) is 11.6 Å². The highest BCUT2D eigenvalue weighted by Gasteiger charge is 2.45. The predicted octanol–water partition coefficient (Wildman–Crippen LogP) is 1.29. The van der Waals surface area contributed by atoms with Crippen molar-refractivity contribution in [1.29, 1.82) is 0 Å². The summed E-state index contributed by atoms with van der Waals surface area (Å²) in [4.78, 5) is 0. The number of benzene rings is 2. The van der Waals surface area contributed by atoms with Gasteiger partial charge in [-0.05, 0) is 56.0 Å². The van der Waals surface area contributed by atoms with Crippen molar-refractivity contribution < 1.29 is 35.0 Å². The third-order valence-electron chi connectivity index (χ3n) is 5.95. The Morgan fingerprint density at radius 2 is 1.79 bits per heavy atom. The molecule has 1 aliphatic rings. The summed E-state index contributed by atoms with van der Waals surface area (Å²) in [6.07, 6.45) is -5.59. The number of aromatic hydroxyl groups is 1. The molecular formula is C24H30N2O7. The van der Waals surface area contributed by atoms with E-state index in [0.29, 0.717) is 12.8 Å². The first-order valence-electron chi connectivity index (χ1n) is 11.0. The molecule has 1 aliphatic heterocycles. The molecule has 178 valence electrons. The maximum absolute atomic E-state index is 10.4. The highest BCUT2D eigenvalue weighted by atomic mass is 16.7. The van der Waals surface area contributed by atoms with Crippen LogP contribution in [0.1, 0.15) is 31.0 Å². The molecule has 0 amide bonds. The molecule has 33 heavy (non-hydrogen) atoms. The van der Waals surface area contributed by atoms with Gasteiger partial charge in [0, 0.05) is 6.04 Å². The summed E-state index contributed by atoms with van der Waals surface area (Å²) >= 11 is 0. The van der Waals surface area contributed by atoms with Crippen LogP contribution >= 0.6 is 0 Å². The fourth-order valence-electron chi connectivity index (χ4n) is 4.18. The molecule has 9 nitrogen and oxygen atoms in total. The summed E-state index contributed by atoms with van der Waals surface area (Å²) in [7, 11) is 0. The van der Waals surface area contributed by atoms with Crippen molar-refractivity contribution in [3.05, 3.63) is 53.6 Å². The van der Waals surface area contributed by atoms with Gasteiger partial charge in [0.15, 0.2) is 0 Å². The lowest BCUT2D eigenvalue weighted by molar-refractivity contribution is -0.278. The number of fused-ring (bicyclic) bond motifs is 1. The Hall–Kier alpha value is -2.69. The number of hydrogen-bond donors (Lipinski definition) is 5. The molecular weight excluding hydrogens is 428 g/mol. The average molecular weight is 459 g/mol. The number of ether oxygens (including phenoxy) is 2. The SMILES string of the molecule is CC(C)n1nc(O[C@@H]2O[C@H](CO)[C@@H](O)[C@H](O)[C@H]2O)c2c(CCc3cccc(O)c3)cccc21. The Morgan fingerprint density at radius 3 is 2.48 bits per heavy atom. The minimum Gasteiger partial charge on any atom is -0.508 e. The maximum Gasteiger partial charge on any atom is 0.243 e. The Balaban J connectivity index is 1.68. The van der Waals surface area contributed by atoms with Crippen LogP contribution in [0.4, 0.5) is 0 Å². The fraction of sp³-hybridized carbons (Fsp3) is 0.458. The molecule has 9 heteroatoms. The monoisotopic (exact) mass is 458 g/mol. The summed E-state index contributed by atoms with van der Waals surface area (Å²) in [5.41, 5.74) is 2.79. The van der Waals surface area contributed by atoms with E-state index in [0.717, 1.165) is 22.0 Å². The number of phenolic OH excluding ortho intramolecular Hbond substituents is 1. The van der Waals surface area contributed by atoms with E-state index in [2.05, 4.69) is 5.10 Å². The van der Waals surface area contributed by atoms with Crippen LogP contribution in [0, 0.1) is 0 Å². The average Bonchev–Trinajstić information content (AvgIpc) is 3.17. The molecule has 5 atom stereocenters. The number of aliphatic hydroxyl groups is 4. The molecule has 0 unspecified atom stereocenters. The number of hydrogen-bond acceptors (Lipinski definition) is 8. The third-order valence-corrected chi connectivity index (χ3v) is 5.95. The molecule has 1 aromatic heterocycles. The minimum atomic E-state index is -1.54.